The third kappa shape index (κ3) is 8.13. The molecule has 1 heterocycles. The first kappa shape index (κ1) is 23.2. The molecule has 0 saturated heterocycles. The molecule has 0 N–H and O–H groups in total. The molecule has 0 aliphatic carbocycles. The van der Waals surface area contributed by atoms with E-state index in [1.807, 2.05) is 50.7 Å². The highest BCUT2D eigenvalue weighted by Gasteiger charge is 2.23. The highest BCUT2D eigenvalue weighted by Crippen LogP contribution is 2.09. The second-order valence-electron chi connectivity index (χ2n) is 6.88. The molecule has 27 heavy (non-hydrogen) atoms. The molecule has 1 aromatic rings. The lowest BCUT2D eigenvalue weighted by molar-refractivity contribution is -0.143. The van der Waals surface area contributed by atoms with Crippen LogP contribution in [0.4, 0.5) is 0 Å². The van der Waals surface area contributed by atoms with E-state index in [-0.39, 0.29) is 24.3 Å². The van der Waals surface area contributed by atoms with Crippen LogP contribution in [0.2, 0.25) is 0 Å². The molecule has 0 bridgehead atoms. The van der Waals surface area contributed by atoms with E-state index in [0.717, 1.165) is 12.1 Å². The van der Waals surface area contributed by atoms with Crippen LogP contribution in [0.25, 0.3) is 0 Å². The number of carbonyl (C=O) groups excluding carboxylic acids is 2. The van der Waals surface area contributed by atoms with E-state index in [1.54, 1.807) is 16.9 Å². The maximum atomic E-state index is 12.9. The average molecular weight is 382 g/mol. The standard InChI is InChI=1S/C20H35N3O4/c1-6-27-13-8-11-23(20(25)17(2)3)16-19(24)22(12-14-26-5)15-18-9-7-10-21(18)4/h7,9-10,17H,6,8,11-16H2,1-5H3. The molecule has 0 unspecified atom stereocenters. The zero-order chi connectivity index (χ0) is 20.2. The molecule has 0 radical (unpaired) electrons. The Morgan fingerprint density at radius 1 is 1.19 bits per heavy atom. The third-order valence-electron chi connectivity index (χ3n) is 4.37. The van der Waals surface area contributed by atoms with Crippen LogP contribution < -0.4 is 0 Å². The van der Waals surface area contributed by atoms with Crippen molar-refractivity contribution < 1.29 is 19.1 Å². The highest BCUT2D eigenvalue weighted by atomic mass is 16.5. The van der Waals surface area contributed by atoms with Crippen LogP contribution >= 0.6 is 0 Å². The fourth-order valence-electron chi connectivity index (χ4n) is 2.75. The van der Waals surface area contributed by atoms with Gasteiger partial charge in [0, 0.05) is 58.3 Å². The Morgan fingerprint density at radius 3 is 2.48 bits per heavy atom. The lowest BCUT2D eigenvalue weighted by Crippen LogP contribution is -2.45. The predicted octanol–water partition coefficient (Wildman–Crippen LogP) is 1.91. The lowest BCUT2D eigenvalue weighted by Gasteiger charge is -2.29. The Balaban J connectivity index is 2.78. The summed E-state index contributed by atoms with van der Waals surface area (Å²) in [7, 11) is 3.57. The Kier molecular flexibility index (Phi) is 10.7. The molecule has 0 spiro atoms. The molecular weight excluding hydrogens is 346 g/mol. The van der Waals surface area contributed by atoms with Crippen LogP contribution in [-0.4, -0.2) is 72.7 Å². The van der Waals surface area contributed by atoms with Gasteiger partial charge >= 0.3 is 0 Å². The first-order chi connectivity index (χ1) is 12.9. The lowest BCUT2D eigenvalue weighted by atomic mass is 10.2. The van der Waals surface area contributed by atoms with Crippen molar-refractivity contribution in [3.8, 4) is 0 Å². The zero-order valence-electron chi connectivity index (χ0n) is 17.4. The van der Waals surface area contributed by atoms with Crippen LogP contribution in [0.15, 0.2) is 18.3 Å². The Bertz CT molecular complexity index is 571. The van der Waals surface area contributed by atoms with Gasteiger partial charge in [-0.25, -0.2) is 0 Å². The minimum Gasteiger partial charge on any atom is -0.383 e. The SMILES string of the molecule is CCOCCCN(CC(=O)N(CCOC)Cc1cccn1C)C(=O)C(C)C. The molecule has 7 heteroatoms. The molecule has 154 valence electrons. The minimum atomic E-state index is -0.148. The van der Waals surface area contributed by atoms with Gasteiger partial charge in [0.2, 0.25) is 11.8 Å². The number of aromatic nitrogens is 1. The van der Waals surface area contributed by atoms with Gasteiger partial charge in [-0.1, -0.05) is 13.8 Å². The number of nitrogens with zero attached hydrogens (tertiary/aromatic N) is 3. The van der Waals surface area contributed by atoms with Gasteiger partial charge < -0.3 is 23.8 Å². The van der Waals surface area contributed by atoms with Crippen molar-refractivity contribution in [2.45, 2.75) is 33.7 Å². The van der Waals surface area contributed by atoms with Gasteiger partial charge in [-0.05, 0) is 25.5 Å². The summed E-state index contributed by atoms with van der Waals surface area (Å²) in [5.74, 6) is -0.228. The Labute approximate surface area is 163 Å². The maximum absolute atomic E-state index is 12.9. The third-order valence-corrected chi connectivity index (χ3v) is 4.37. The second-order valence-corrected chi connectivity index (χ2v) is 6.88. The molecule has 0 fully saturated rings. The highest BCUT2D eigenvalue weighted by molar-refractivity contribution is 5.85. The van der Waals surface area contributed by atoms with Gasteiger partial charge in [-0.3, -0.25) is 9.59 Å². The molecular formula is C20H35N3O4. The van der Waals surface area contributed by atoms with E-state index in [2.05, 4.69) is 0 Å². The number of aryl methyl sites for hydroxylation is 1. The Hall–Kier alpha value is -1.86. The van der Waals surface area contributed by atoms with Crippen LogP contribution in [0, 0.1) is 5.92 Å². The molecule has 2 amide bonds. The fraction of sp³-hybridized carbons (Fsp3) is 0.700. The summed E-state index contributed by atoms with van der Waals surface area (Å²) in [6.07, 6.45) is 2.67. The monoisotopic (exact) mass is 381 g/mol. The summed E-state index contributed by atoms with van der Waals surface area (Å²) < 4.78 is 12.5. The molecule has 7 nitrogen and oxygen atoms in total. The van der Waals surface area contributed by atoms with Gasteiger partial charge in [0.1, 0.15) is 0 Å². The number of hydrogen-bond donors (Lipinski definition) is 0. The predicted molar refractivity (Wildman–Crippen MR) is 105 cm³/mol. The number of carbonyl (C=O) groups is 2. The van der Waals surface area contributed by atoms with Crippen molar-refractivity contribution in [3.05, 3.63) is 24.0 Å². The molecule has 0 saturated carbocycles. The summed E-state index contributed by atoms with van der Waals surface area (Å²) >= 11 is 0. The first-order valence-electron chi connectivity index (χ1n) is 9.64. The summed E-state index contributed by atoms with van der Waals surface area (Å²) in [4.78, 5) is 28.9. The van der Waals surface area contributed by atoms with E-state index in [1.165, 1.54) is 0 Å². The molecule has 1 aromatic heterocycles. The van der Waals surface area contributed by atoms with Crippen molar-refractivity contribution in [2.24, 2.45) is 13.0 Å². The van der Waals surface area contributed by atoms with Crippen molar-refractivity contribution in [1.82, 2.24) is 14.4 Å². The topological polar surface area (TPSA) is 64.0 Å². The fourth-order valence-corrected chi connectivity index (χ4v) is 2.75. The van der Waals surface area contributed by atoms with Crippen molar-refractivity contribution in [1.29, 1.82) is 0 Å². The van der Waals surface area contributed by atoms with Gasteiger partial charge in [-0.2, -0.15) is 0 Å². The van der Waals surface area contributed by atoms with Crippen molar-refractivity contribution in [3.63, 3.8) is 0 Å². The summed E-state index contributed by atoms with van der Waals surface area (Å²) in [6, 6.07) is 3.95. The van der Waals surface area contributed by atoms with Gasteiger partial charge in [-0.15, -0.1) is 0 Å². The maximum Gasteiger partial charge on any atom is 0.242 e. The van der Waals surface area contributed by atoms with Crippen LogP contribution in [-0.2, 0) is 32.7 Å². The molecule has 0 aromatic carbocycles. The van der Waals surface area contributed by atoms with E-state index >= 15 is 0 Å². The largest absolute Gasteiger partial charge is 0.383 e. The summed E-state index contributed by atoms with van der Waals surface area (Å²) in [5.41, 5.74) is 1.04. The van der Waals surface area contributed by atoms with Gasteiger partial charge in [0.05, 0.1) is 19.7 Å². The smallest absolute Gasteiger partial charge is 0.242 e. The van der Waals surface area contributed by atoms with Crippen LogP contribution in [0.1, 0.15) is 32.9 Å². The van der Waals surface area contributed by atoms with E-state index in [0.29, 0.717) is 39.5 Å². The van der Waals surface area contributed by atoms with Crippen LogP contribution in [0.3, 0.4) is 0 Å². The number of rotatable bonds is 13. The minimum absolute atomic E-state index is 0.00888. The number of amides is 2. The Morgan fingerprint density at radius 2 is 1.93 bits per heavy atom. The van der Waals surface area contributed by atoms with Crippen molar-refractivity contribution in [2.75, 3.05) is 46.6 Å². The van der Waals surface area contributed by atoms with E-state index in [9.17, 15) is 9.59 Å². The van der Waals surface area contributed by atoms with Gasteiger partial charge in [0.15, 0.2) is 0 Å². The van der Waals surface area contributed by atoms with Gasteiger partial charge in [0.25, 0.3) is 0 Å². The first-order valence-corrected chi connectivity index (χ1v) is 9.64. The number of hydrogen-bond acceptors (Lipinski definition) is 4. The zero-order valence-corrected chi connectivity index (χ0v) is 17.4. The molecule has 0 atom stereocenters. The normalized spacial score (nSPS) is 11.0. The summed E-state index contributed by atoms with van der Waals surface area (Å²) in [6.45, 7) is 8.93. The molecule has 0 aliphatic rings. The number of methoxy groups -OCH3 is 1. The molecule has 0 aliphatic heterocycles. The number of ether oxygens (including phenoxy) is 2. The van der Waals surface area contributed by atoms with E-state index in [4.69, 9.17) is 9.47 Å². The second kappa shape index (κ2) is 12.5. The average Bonchev–Trinajstić information content (AvgIpc) is 3.04. The van der Waals surface area contributed by atoms with E-state index < -0.39 is 0 Å². The van der Waals surface area contributed by atoms with Crippen molar-refractivity contribution >= 4 is 11.8 Å². The van der Waals surface area contributed by atoms with Crippen LogP contribution in [0.5, 0.6) is 0 Å². The molecule has 1 rings (SSSR count). The summed E-state index contributed by atoms with van der Waals surface area (Å²) in [5, 5.41) is 0. The quantitative estimate of drug-likeness (QED) is 0.490.